The molecule has 5 nitrogen and oxygen atoms in total. The predicted molar refractivity (Wildman–Crippen MR) is 152 cm³/mol. The second-order valence-electron chi connectivity index (χ2n) is 9.82. The highest BCUT2D eigenvalue weighted by molar-refractivity contribution is 5.82. The van der Waals surface area contributed by atoms with Crippen molar-refractivity contribution in [2.75, 3.05) is 0 Å². The summed E-state index contributed by atoms with van der Waals surface area (Å²) in [6, 6.07) is 30.7. The summed E-state index contributed by atoms with van der Waals surface area (Å²) in [5.41, 5.74) is 0.219. The van der Waals surface area contributed by atoms with Crippen LogP contribution in [0, 0.1) is 0 Å². The quantitative estimate of drug-likeness (QED) is 0.189. The average molecular weight is 603 g/mol. The molecule has 0 fully saturated rings. The summed E-state index contributed by atoms with van der Waals surface area (Å²) in [5, 5.41) is 7.59. The Labute approximate surface area is 246 Å². The number of hydrogen-bond donors (Lipinski definition) is 0. The Bertz CT molecular complexity index is 1780. The summed E-state index contributed by atoms with van der Waals surface area (Å²) in [6.07, 6.45) is -10.2. The van der Waals surface area contributed by atoms with Crippen LogP contribution in [0.3, 0.4) is 0 Å². The third-order valence-electron chi connectivity index (χ3n) is 6.94. The Morgan fingerprint density at radius 3 is 1.07 bits per heavy atom. The van der Waals surface area contributed by atoms with Crippen LogP contribution in [0.2, 0.25) is 0 Å². The second kappa shape index (κ2) is 11.0. The molecule has 44 heavy (non-hydrogen) atoms. The van der Waals surface area contributed by atoms with E-state index in [1.54, 1.807) is 24.3 Å². The Balaban J connectivity index is 1.38. The summed E-state index contributed by atoms with van der Waals surface area (Å²) < 4.78 is 84.2. The van der Waals surface area contributed by atoms with Gasteiger partial charge in [-0.05, 0) is 34.4 Å². The lowest BCUT2D eigenvalue weighted by Crippen LogP contribution is -2.30. The molecule has 0 N–H and O–H groups in total. The topological polar surface area (TPSA) is 52.7 Å². The fourth-order valence-electron chi connectivity index (χ4n) is 4.76. The monoisotopic (exact) mass is 602 g/mol. The second-order valence-corrected chi connectivity index (χ2v) is 9.82. The molecule has 6 aromatic rings. The van der Waals surface area contributed by atoms with E-state index in [2.05, 4.69) is 10.2 Å². The van der Waals surface area contributed by atoms with Crippen LogP contribution >= 0.6 is 0 Å². The van der Waals surface area contributed by atoms with Gasteiger partial charge in [-0.3, -0.25) is 0 Å². The first-order chi connectivity index (χ1) is 21.0. The largest absolute Gasteiger partial charge is 0.433 e. The molecule has 0 atom stereocenters. The van der Waals surface area contributed by atoms with E-state index in [1.165, 1.54) is 24.3 Å². The number of carbonyl (C=O) groups is 1. The number of carbonyl (C=O) groups excluding carboxylic acids is 1. The van der Waals surface area contributed by atoms with Crippen LogP contribution in [0.1, 0.15) is 11.4 Å². The van der Waals surface area contributed by atoms with Gasteiger partial charge in [0.2, 0.25) is 0 Å². The van der Waals surface area contributed by atoms with E-state index in [9.17, 15) is 31.1 Å². The smallest absolute Gasteiger partial charge is 0.244 e. The predicted octanol–water partition coefficient (Wildman–Crippen LogP) is 9.30. The molecule has 0 saturated heterocycles. The fraction of sp³-hybridized carbons (Fsp3) is 0.0606. The minimum Gasteiger partial charge on any atom is -0.244 e. The van der Waals surface area contributed by atoms with Gasteiger partial charge < -0.3 is 0 Å². The van der Waals surface area contributed by atoms with Gasteiger partial charge in [-0.15, -0.1) is 0 Å². The van der Waals surface area contributed by atoms with Crippen molar-refractivity contribution in [2.24, 2.45) is 0 Å². The van der Waals surface area contributed by atoms with Crippen LogP contribution in [0.25, 0.3) is 44.8 Å². The molecule has 0 aliphatic carbocycles. The summed E-state index contributed by atoms with van der Waals surface area (Å²) in [4.78, 5) is 13.3. The van der Waals surface area contributed by atoms with Gasteiger partial charge in [-0.25, -0.2) is 4.79 Å². The first-order valence-electron chi connectivity index (χ1n) is 13.2. The van der Waals surface area contributed by atoms with Gasteiger partial charge in [0.25, 0.3) is 0 Å². The zero-order chi connectivity index (χ0) is 31.1. The van der Waals surface area contributed by atoms with E-state index in [1.807, 2.05) is 60.7 Å². The highest BCUT2D eigenvalue weighted by Gasteiger charge is 2.42. The molecular weight excluding hydrogens is 582 g/mol. The number of aromatic nitrogens is 4. The standard InChI is InChI=1S/C33H20F6N4O/c34-32(35,36)29-19-27(25-15-11-23(12-16-25)21-7-3-1-4-8-21)40-42(29)31(44)43-30(33(37,38)39)20-28(41-43)26-17-13-24(14-18-26)22-9-5-2-6-10-22/h1-20H. The first-order valence-corrected chi connectivity index (χ1v) is 13.2. The van der Waals surface area contributed by atoms with Gasteiger partial charge in [0.15, 0.2) is 11.4 Å². The van der Waals surface area contributed by atoms with Crippen molar-refractivity contribution >= 4 is 6.03 Å². The third-order valence-corrected chi connectivity index (χ3v) is 6.94. The van der Waals surface area contributed by atoms with Crippen molar-refractivity contribution in [1.29, 1.82) is 0 Å². The molecule has 2 heterocycles. The summed E-state index contributed by atoms with van der Waals surface area (Å²) in [5.74, 6) is 0. The first kappa shape index (κ1) is 28.7. The lowest BCUT2D eigenvalue weighted by molar-refractivity contribution is -0.143. The molecule has 0 unspecified atom stereocenters. The van der Waals surface area contributed by atoms with E-state index in [0.29, 0.717) is 12.1 Å². The van der Waals surface area contributed by atoms with Crippen molar-refractivity contribution in [3.05, 3.63) is 133 Å². The van der Waals surface area contributed by atoms with Crippen molar-refractivity contribution in [3.8, 4) is 44.8 Å². The van der Waals surface area contributed by atoms with Crippen LogP contribution in [0.5, 0.6) is 0 Å². The van der Waals surface area contributed by atoms with Crippen LogP contribution in [-0.4, -0.2) is 25.6 Å². The molecule has 6 rings (SSSR count). The Morgan fingerprint density at radius 2 is 0.750 bits per heavy atom. The lowest BCUT2D eigenvalue weighted by atomic mass is 10.0. The number of halogens is 6. The number of hydrogen-bond acceptors (Lipinski definition) is 3. The summed E-state index contributed by atoms with van der Waals surface area (Å²) in [6.45, 7) is 0. The van der Waals surface area contributed by atoms with Gasteiger partial charge in [-0.2, -0.15) is 45.9 Å². The molecule has 0 bridgehead atoms. The minimum atomic E-state index is -5.10. The minimum absolute atomic E-state index is 0.0923. The zero-order valence-electron chi connectivity index (χ0n) is 22.5. The van der Waals surface area contributed by atoms with E-state index in [0.717, 1.165) is 22.3 Å². The molecule has 0 aliphatic rings. The Morgan fingerprint density at radius 1 is 0.455 bits per heavy atom. The lowest BCUT2D eigenvalue weighted by Gasteiger charge is -2.11. The Hall–Kier alpha value is -5.45. The van der Waals surface area contributed by atoms with Crippen molar-refractivity contribution < 1.29 is 31.1 Å². The van der Waals surface area contributed by atoms with Gasteiger partial charge in [-0.1, -0.05) is 109 Å². The van der Waals surface area contributed by atoms with Gasteiger partial charge in [0.1, 0.15) is 0 Å². The van der Waals surface area contributed by atoms with E-state index in [4.69, 9.17) is 0 Å². The summed E-state index contributed by atoms with van der Waals surface area (Å²) in [7, 11) is 0. The van der Waals surface area contributed by atoms with Crippen LogP contribution in [0.4, 0.5) is 31.1 Å². The normalized spacial score (nSPS) is 12.0. The molecular formula is C33H20F6N4O. The van der Waals surface area contributed by atoms with E-state index < -0.39 is 29.8 Å². The molecule has 2 aromatic heterocycles. The maximum atomic E-state index is 14.1. The van der Waals surface area contributed by atoms with Gasteiger partial charge in [0, 0.05) is 11.1 Å². The molecule has 0 aliphatic heterocycles. The molecule has 220 valence electrons. The van der Waals surface area contributed by atoms with E-state index in [-0.39, 0.29) is 31.9 Å². The number of benzene rings is 4. The van der Waals surface area contributed by atoms with Gasteiger partial charge in [0.05, 0.1) is 11.4 Å². The summed E-state index contributed by atoms with van der Waals surface area (Å²) >= 11 is 0. The Kier molecular flexibility index (Phi) is 7.16. The molecule has 0 radical (unpaired) electrons. The van der Waals surface area contributed by atoms with Crippen LogP contribution in [0.15, 0.2) is 121 Å². The number of nitrogens with zero attached hydrogens (tertiary/aromatic N) is 4. The SMILES string of the molecule is O=C(n1nc(-c2ccc(-c3ccccc3)cc2)cc1C(F)(F)F)n1nc(-c2ccc(-c3ccccc3)cc2)cc1C(F)(F)F. The van der Waals surface area contributed by atoms with Crippen molar-refractivity contribution in [3.63, 3.8) is 0 Å². The van der Waals surface area contributed by atoms with Crippen molar-refractivity contribution in [2.45, 2.75) is 12.4 Å². The van der Waals surface area contributed by atoms with Crippen LogP contribution < -0.4 is 0 Å². The molecule has 0 amide bonds. The van der Waals surface area contributed by atoms with Gasteiger partial charge >= 0.3 is 18.4 Å². The molecule has 4 aromatic carbocycles. The van der Waals surface area contributed by atoms with Crippen molar-refractivity contribution in [1.82, 2.24) is 19.6 Å². The number of rotatable bonds is 4. The average Bonchev–Trinajstić information content (AvgIpc) is 3.69. The van der Waals surface area contributed by atoms with Crippen LogP contribution in [-0.2, 0) is 12.4 Å². The maximum absolute atomic E-state index is 14.1. The zero-order valence-corrected chi connectivity index (χ0v) is 22.5. The number of alkyl halides is 6. The fourth-order valence-corrected chi connectivity index (χ4v) is 4.76. The van der Waals surface area contributed by atoms with E-state index >= 15 is 0 Å². The molecule has 0 spiro atoms. The highest BCUT2D eigenvalue weighted by atomic mass is 19.4. The third kappa shape index (κ3) is 5.63. The maximum Gasteiger partial charge on any atom is 0.433 e. The highest BCUT2D eigenvalue weighted by Crippen LogP contribution is 2.36. The molecule has 0 saturated carbocycles. The molecule has 11 heteroatoms.